The van der Waals surface area contributed by atoms with E-state index >= 15 is 0 Å². The average Bonchev–Trinajstić information content (AvgIpc) is 3.33. The fraction of sp³-hybridized carbons (Fsp3) is 0.474. The second-order valence-corrected chi connectivity index (χ2v) is 7.02. The van der Waals surface area contributed by atoms with Crippen molar-refractivity contribution in [3.63, 3.8) is 0 Å². The zero-order valence-electron chi connectivity index (χ0n) is 13.9. The van der Waals surface area contributed by atoms with Crippen LogP contribution in [0.1, 0.15) is 31.2 Å². The molecule has 1 atom stereocenters. The Kier molecular flexibility index (Phi) is 4.00. The van der Waals surface area contributed by atoms with Crippen LogP contribution in [-0.2, 0) is 11.2 Å². The lowest BCUT2D eigenvalue weighted by atomic mass is 10.0. The van der Waals surface area contributed by atoms with E-state index in [0.717, 1.165) is 49.6 Å². The number of likely N-dealkylation sites (tertiary alicyclic amines) is 1. The van der Waals surface area contributed by atoms with Gasteiger partial charge in [0.25, 0.3) is 0 Å². The summed E-state index contributed by atoms with van der Waals surface area (Å²) in [6.45, 7) is 5.16. The molecular weight excluding hydrogens is 300 g/mol. The van der Waals surface area contributed by atoms with Crippen LogP contribution in [0.4, 0.5) is 5.69 Å². The zero-order valence-corrected chi connectivity index (χ0v) is 13.9. The van der Waals surface area contributed by atoms with Gasteiger partial charge in [0.15, 0.2) is 0 Å². The van der Waals surface area contributed by atoms with Crippen LogP contribution >= 0.6 is 0 Å². The minimum atomic E-state index is 0.0254. The Bertz CT molecular complexity index is 762. The molecule has 2 aliphatic rings. The van der Waals surface area contributed by atoms with E-state index in [9.17, 15) is 4.79 Å². The minimum Gasteiger partial charge on any atom is -0.380 e. The average molecular weight is 324 g/mol. The number of hydrogen-bond acceptors (Lipinski definition) is 3. The molecule has 0 radical (unpaired) electrons. The summed E-state index contributed by atoms with van der Waals surface area (Å²) in [7, 11) is 0. The molecule has 126 valence electrons. The fourth-order valence-electron chi connectivity index (χ4n) is 3.68. The second kappa shape index (κ2) is 6.30. The molecule has 1 amide bonds. The highest BCUT2D eigenvalue weighted by molar-refractivity contribution is 5.92. The van der Waals surface area contributed by atoms with Gasteiger partial charge >= 0.3 is 0 Å². The number of nitrogens with one attached hydrogen (secondary N) is 2. The first-order valence-corrected chi connectivity index (χ1v) is 8.87. The van der Waals surface area contributed by atoms with Gasteiger partial charge in [0.2, 0.25) is 5.91 Å². The topological polar surface area (TPSA) is 61.0 Å². The van der Waals surface area contributed by atoms with Gasteiger partial charge in [-0.3, -0.25) is 4.79 Å². The third-order valence-electron chi connectivity index (χ3n) is 5.13. The first-order chi connectivity index (χ1) is 11.7. The van der Waals surface area contributed by atoms with E-state index in [1.54, 1.807) is 0 Å². The molecule has 1 aliphatic heterocycles. The van der Waals surface area contributed by atoms with E-state index in [-0.39, 0.29) is 11.9 Å². The summed E-state index contributed by atoms with van der Waals surface area (Å²) in [4.78, 5) is 21.5. The van der Waals surface area contributed by atoms with Gasteiger partial charge in [0.1, 0.15) is 5.65 Å². The number of H-pyrrole nitrogens is 1. The summed E-state index contributed by atoms with van der Waals surface area (Å²) < 4.78 is 0. The molecule has 1 saturated carbocycles. The summed E-state index contributed by atoms with van der Waals surface area (Å²) in [5.74, 6) is 0.866. The zero-order chi connectivity index (χ0) is 16.5. The fourth-order valence-corrected chi connectivity index (χ4v) is 3.68. The van der Waals surface area contributed by atoms with Gasteiger partial charge in [0, 0.05) is 42.6 Å². The van der Waals surface area contributed by atoms with E-state index in [4.69, 9.17) is 0 Å². The van der Waals surface area contributed by atoms with Crippen LogP contribution in [0.15, 0.2) is 31.1 Å². The van der Waals surface area contributed by atoms with Crippen LogP contribution < -0.4 is 5.32 Å². The molecule has 0 unspecified atom stereocenters. The molecule has 0 spiro atoms. The minimum absolute atomic E-state index is 0.0254. The van der Waals surface area contributed by atoms with Gasteiger partial charge < -0.3 is 15.2 Å². The van der Waals surface area contributed by atoms with Crippen LogP contribution in [0.3, 0.4) is 0 Å². The normalized spacial score (nSPS) is 21.0. The molecular formula is C19H24N4O. The number of nitrogens with zero attached hydrogens (tertiary/aromatic N) is 2. The lowest BCUT2D eigenvalue weighted by Gasteiger charge is -2.33. The van der Waals surface area contributed by atoms with Crippen molar-refractivity contribution in [3.8, 4) is 0 Å². The number of hydrogen-bond donors (Lipinski definition) is 2. The first-order valence-electron chi connectivity index (χ1n) is 8.87. The van der Waals surface area contributed by atoms with Crippen LogP contribution in [0.25, 0.3) is 11.0 Å². The van der Waals surface area contributed by atoms with Crippen molar-refractivity contribution in [3.05, 3.63) is 36.7 Å². The molecule has 0 bridgehead atoms. The van der Waals surface area contributed by atoms with Gasteiger partial charge in [0.05, 0.1) is 0 Å². The van der Waals surface area contributed by atoms with E-state index in [1.165, 1.54) is 29.9 Å². The monoisotopic (exact) mass is 324 g/mol. The highest BCUT2D eigenvalue weighted by atomic mass is 16.2. The van der Waals surface area contributed by atoms with Crippen molar-refractivity contribution < 1.29 is 4.79 Å². The molecule has 5 nitrogen and oxygen atoms in total. The van der Waals surface area contributed by atoms with E-state index in [1.807, 2.05) is 11.1 Å². The summed E-state index contributed by atoms with van der Waals surface area (Å²) in [6.07, 6.45) is 11.3. The van der Waals surface area contributed by atoms with Gasteiger partial charge in [-0.25, -0.2) is 4.98 Å². The molecule has 0 aromatic carbocycles. The van der Waals surface area contributed by atoms with Crippen LogP contribution in [0.5, 0.6) is 0 Å². The molecule has 4 rings (SSSR count). The number of aromatic amines is 1. The Morgan fingerprint density at radius 1 is 1.46 bits per heavy atom. The molecule has 3 heterocycles. The highest BCUT2D eigenvalue weighted by Crippen LogP contribution is 2.36. The third kappa shape index (κ3) is 3.03. The predicted molar refractivity (Wildman–Crippen MR) is 95.9 cm³/mol. The smallest absolute Gasteiger partial charge is 0.246 e. The number of aromatic nitrogens is 2. The maximum absolute atomic E-state index is 11.9. The molecule has 2 aromatic rings. The van der Waals surface area contributed by atoms with Gasteiger partial charge in [-0.15, -0.1) is 0 Å². The van der Waals surface area contributed by atoms with Crippen LogP contribution in [-0.4, -0.2) is 39.9 Å². The van der Waals surface area contributed by atoms with Crippen molar-refractivity contribution in [1.29, 1.82) is 0 Å². The Hall–Kier alpha value is -2.30. The van der Waals surface area contributed by atoms with Gasteiger partial charge in [-0.2, -0.15) is 0 Å². The summed E-state index contributed by atoms with van der Waals surface area (Å²) in [5, 5.41) is 4.88. The number of carbonyl (C=O) groups is 1. The van der Waals surface area contributed by atoms with Crippen molar-refractivity contribution >= 4 is 22.6 Å². The number of fused-ring (bicyclic) bond motifs is 1. The van der Waals surface area contributed by atoms with Crippen molar-refractivity contribution in [2.24, 2.45) is 5.92 Å². The number of rotatable bonds is 5. The van der Waals surface area contributed by atoms with Crippen molar-refractivity contribution in [2.75, 3.05) is 18.4 Å². The second-order valence-electron chi connectivity index (χ2n) is 7.02. The molecule has 5 heteroatoms. The molecule has 2 aromatic heterocycles. The molecule has 24 heavy (non-hydrogen) atoms. The van der Waals surface area contributed by atoms with Gasteiger partial charge in [-0.1, -0.05) is 6.58 Å². The standard InChI is InChI=1S/C19H24N4O/c1-2-17(24)23-9-3-4-15(12-23)22-16-7-8-20-19-18(16)14(11-21-19)10-13-5-6-13/h2,7-8,11,13,15H,1,3-6,9-10,12H2,(H2,20,21,22)/t15-/m1/s1. The molecule has 1 aliphatic carbocycles. The number of piperidine rings is 1. The van der Waals surface area contributed by atoms with E-state index in [0.29, 0.717) is 0 Å². The quantitative estimate of drug-likeness (QED) is 0.831. The number of anilines is 1. The molecule has 1 saturated heterocycles. The Morgan fingerprint density at radius 3 is 3.12 bits per heavy atom. The Morgan fingerprint density at radius 2 is 2.33 bits per heavy atom. The van der Waals surface area contributed by atoms with Crippen LogP contribution in [0, 0.1) is 5.92 Å². The Labute approximate surface area is 142 Å². The summed E-state index contributed by atoms with van der Waals surface area (Å²) in [6, 6.07) is 2.33. The largest absolute Gasteiger partial charge is 0.380 e. The van der Waals surface area contributed by atoms with E-state index in [2.05, 4.69) is 34.1 Å². The van der Waals surface area contributed by atoms with E-state index < -0.39 is 0 Å². The Balaban J connectivity index is 1.56. The number of carbonyl (C=O) groups excluding carboxylic acids is 1. The van der Waals surface area contributed by atoms with Gasteiger partial charge in [-0.05, 0) is 55.7 Å². The number of amides is 1. The molecule has 2 fully saturated rings. The maximum Gasteiger partial charge on any atom is 0.246 e. The van der Waals surface area contributed by atoms with Crippen molar-refractivity contribution in [1.82, 2.24) is 14.9 Å². The predicted octanol–water partition coefficient (Wildman–Crippen LogP) is 3.10. The highest BCUT2D eigenvalue weighted by Gasteiger charge is 2.25. The summed E-state index contributed by atoms with van der Waals surface area (Å²) >= 11 is 0. The first kappa shape index (κ1) is 15.2. The molecule has 2 N–H and O–H groups in total. The third-order valence-corrected chi connectivity index (χ3v) is 5.13. The SMILES string of the molecule is C=CC(=O)N1CCC[C@@H](Nc2ccnc3[nH]cc(CC4CC4)c23)C1. The lowest BCUT2D eigenvalue weighted by molar-refractivity contribution is -0.127. The van der Waals surface area contributed by atoms with Crippen LogP contribution in [0.2, 0.25) is 0 Å². The van der Waals surface area contributed by atoms with Crippen molar-refractivity contribution in [2.45, 2.75) is 38.1 Å². The maximum atomic E-state index is 11.9. The lowest BCUT2D eigenvalue weighted by Crippen LogP contribution is -2.44. The summed E-state index contributed by atoms with van der Waals surface area (Å²) in [5.41, 5.74) is 3.44. The number of pyridine rings is 1.